The minimum atomic E-state index is -4.68. The third-order valence-corrected chi connectivity index (χ3v) is 2.72. The van der Waals surface area contributed by atoms with Crippen molar-refractivity contribution in [2.24, 2.45) is 0 Å². The zero-order chi connectivity index (χ0) is 15.8. The quantitative estimate of drug-likeness (QED) is 0.827. The van der Waals surface area contributed by atoms with E-state index in [1.165, 1.54) is 0 Å². The number of aromatic carboxylic acids is 1. The molecular weight excluding hydrogens is 292 g/mol. The topological polar surface area (TPSA) is 57.5 Å². The number of rotatable bonds is 2. The number of carbonyl (C=O) groups is 1. The van der Waals surface area contributed by atoms with Gasteiger partial charge in [-0.05, 0) is 47.5 Å². The first-order valence-corrected chi connectivity index (χ1v) is 5.62. The Morgan fingerprint density at radius 3 is 2.14 bits per heavy atom. The van der Waals surface area contributed by atoms with Crippen LogP contribution in [0.3, 0.4) is 0 Å². The summed E-state index contributed by atoms with van der Waals surface area (Å²) in [6.45, 7) is 0. The van der Waals surface area contributed by atoms with Crippen molar-refractivity contribution in [3.63, 3.8) is 0 Å². The van der Waals surface area contributed by atoms with Gasteiger partial charge in [0.25, 0.3) is 0 Å². The minimum absolute atomic E-state index is 0.0752. The van der Waals surface area contributed by atoms with Gasteiger partial charge in [0, 0.05) is 0 Å². The van der Waals surface area contributed by atoms with E-state index in [1.54, 1.807) is 0 Å². The molecule has 0 radical (unpaired) electrons. The lowest BCUT2D eigenvalue weighted by Crippen LogP contribution is -2.05. The molecule has 0 spiro atoms. The predicted molar refractivity (Wildman–Crippen MR) is 65.5 cm³/mol. The molecule has 2 aromatic rings. The third-order valence-electron chi connectivity index (χ3n) is 2.72. The Labute approximate surface area is 116 Å². The Morgan fingerprint density at radius 2 is 1.57 bits per heavy atom. The zero-order valence-electron chi connectivity index (χ0n) is 10.3. The first kappa shape index (κ1) is 14.8. The molecule has 21 heavy (non-hydrogen) atoms. The lowest BCUT2D eigenvalue weighted by molar-refractivity contribution is -0.137. The van der Waals surface area contributed by atoms with Gasteiger partial charge in [-0.3, -0.25) is 0 Å². The van der Waals surface area contributed by atoms with Crippen LogP contribution in [0.25, 0.3) is 11.1 Å². The van der Waals surface area contributed by atoms with Gasteiger partial charge >= 0.3 is 12.1 Å². The van der Waals surface area contributed by atoms with Crippen LogP contribution in [0.15, 0.2) is 36.4 Å². The van der Waals surface area contributed by atoms with E-state index in [-0.39, 0.29) is 11.1 Å². The first-order chi connectivity index (χ1) is 9.66. The summed E-state index contributed by atoms with van der Waals surface area (Å²) in [7, 11) is 0. The second-order valence-corrected chi connectivity index (χ2v) is 4.30. The van der Waals surface area contributed by atoms with E-state index in [2.05, 4.69) is 0 Å². The van der Waals surface area contributed by atoms with Crippen molar-refractivity contribution in [2.45, 2.75) is 6.18 Å². The molecule has 0 saturated carbocycles. The van der Waals surface area contributed by atoms with Crippen molar-refractivity contribution in [1.29, 1.82) is 0 Å². The highest BCUT2D eigenvalue weighted by atomic mass is 19.4. The molecular formula is C14H8F4O3. The number of phenolic OH excluding ortho intramolecular Hbond substituents is 1. The SMILES string of the molecule is O=C(O)c1cc(F)cc(-c2cc(O)cc(C(F)(F)F)c2)c1. The van der Waals surface area contributed by atoms with Gasteiger partial charge in [0.15, 0.2) is 0 Å². The molecule has 2 N–H and O–H groups in total. The standard InChI is InChI=1S/C14H8F4O3/c15-11-3-7(1-9(4-11)13(20)21)8-2-10(14(16,17)18)6-12(19)5-8/h1-6,19H,(H,20,21). The number of carboxylic acid groups (broad SMARTS) is 1. The van der Waals surface area contributed by atoms with Gasteiger partial charge in [0.1, 0.15) is 11.6 Å². The average Bonchev–Trinajstić information content (AvgIpc) is 2.36. The van der Waals surface area contributed by atoms with Gasteiger partial charge in [0.2, 0.25) is 0 Å². The molecule has 7 heteroatoms. The Hall–Kier alpha value is -2.57. The van der Waals surface area contributed by atoms with E-state index < -0.39 is 34.8 Å². The van der Waals surface area contributed by atoms with Gasteiger partial charge < -0.3 is 10.2 Å². The van der Waals surface area contributed by atoms with Crippen LogP contribution in [-0.2, 0) is 6.18 Å². The van der Waals surface area contributed by atoms with E-state index in [9.17, 15) is 27.5 Å². The van der Waals surface area contributed by atoms with Gasteiger partial charge in [-0.25, -0.2) is 9.18 Å². The number of carboxylic acids is 1. The molecule has 0 aliphatic rings. The summed E-state index contributed by atoms with van der Waals surface area (Å²) in [4.78, 5) is 10.8. The molecule has 0 heterocycles. The second-order valence-electron chi connectivity index (χ2n) is 4.30. The molecule has 0 aromatic heterocycles. The zero-order valence-corrected chi connectivity index (χ0v) is 10.3. The van der Waals surface area contributed by atoms with Crippen LogP contribution in [0.2, 0.25) is 0 Å². The average molecular weight is 300 g/mol. The van der Waals surface area contributed by atoms with Crippen LogP contribution in [0.4, 0.5) is 17.6 Å². The summed E-state index contributed by atoms with van der Waals surface area (Å²) < 4.78 is 51.4. The van der Waals surface area contributed by atoms with Crippen molar-refractivity contribution >= 4 is 5.97 Å². The van der Waals surface area contributed by atoms with Crippen LogP contribution >= 0.6 is 0 Å². The molecule has 0 aliphatic heterocycles. The fourth-order valence-corrected chi connectivity index (χ4v) is 1.82. The summed E-state index contributed by atoms with van der Waals surface area (Å²) in [5, 5.41) is 18.2. The Balaban J connectivity index is 2.62. The maximum Gasteiger partial charge on any atom is 0.416 e. The molecule has 0 fully saturated rings. The van der Waals surface area contributed by atoms with E-state index in [0.717, 1.165) is 24.3 Å². The lowest BCUT2D eigenvalue weighted by Gasteiger charge is -2.10. The Morgan fingerprint density at radius 1 is 0.952 bits per heavy atom. The number of hydrogen-bond acceptors (Lipinski definition) is 2. The maximum atomic E-state index is 13.4. The summed E-state index contributed by atoms with van der Waals surface area (Å²) in [6, 6.07) is 4.90. The highest BCUT2D eigenvalue weighted by molar-refractivity contribution is 5.89. The van der Waals surface area contributed by atoms with Crippen LogP contribution in [0, 0.1) is 5.82 Å². The largest absolute Gasteiger partial charge is 0.508 e. The number of phenols is 1. The van der Waals surface area contributed by atoms with Crippen LogP contribution in [0.1, 0.15) is 15.9 Å². The Bertz CT molecular complexity index is 708. The van der Waals surface area contributed by atoms with Crippen molar-refractivity contribution < 1.29 is 32.6 Å². The summed E-state index contributed by atoms with van der Waals surface area (Å²) in [6.07, 6.45) is -4.68. The summed E-state index contributed by atoms with van der Waals surface area (Å²) in [5.74, 6) is -2.96. The number of halogens is 4. The predicted octanol–water partition coefficient (Wildman–Crippen LogP) is 3.92. The fourth-order valence-electron chi connectivity index (χ4n) is 1.82. The minimum Gasteiger partial charge on any atom is -0.508 e. The van der Waals surface area contributed by atoms with Gasteiger partial charge in [0.05, 0.1) is 11.1 Å². The van der Waals surface area contributed by atoms with Crippen LogP contribution in [-0.4, -0.2) is 16.2 Å². The molecule has 0 atom stereocenters. The first-order valence-electron chi connectivity index (χ1n) is 5.62. The smallest absolute Gasteiger partial charge is 0.416 e. The number of alkyl halides is 3. The molecule has 0 aliphatic carbocycles. The molecule has 2 rings (SSSR count). The highest BCUT2D eigenvalue weighted by Gasteiger charge is 2.31. The van der Waals surface area contributed by atoms with E-state index in [4.69, 9.17) is 5.11 Å². The van der Waals surface area contributed by atoms with Crippen molar-refractivity contribution in [3.8, 4) is 16.9 Å². The fraction of sp³-hybridized carbons (Fsp3) is 0.0714. The van der Waals surface area contributed by atoms with Crippen molar-refractivity contribution in [3.05, 3.63) is 53.3 Å². The highest BCUT2D eigenvalue weighted by Crippen LogP contribution is 2.35. The molecule has 0 amide bonds. The number of hydrogen-bond donors (Lipinski definition) is 2. The monoisotopic (exact) mass is 300 g/mol. The van der Waals surface area contributed by atoms with Crippen LogP contribution in [0.5, 0.6) is 5.75 Å². The van der Waals surface area contributed by atoms with Gasteiger partial charge in [-0.1, -0.05) is 0 Å². The molecule has 0 saturated heterocycles. The molecule has 0 unspecified atom stereocenters. The summed E-state index contributed by atoms with van der Waals surface area (Å²) >= 11 is 0. The number of aromatic hydroxyl groups is 1. The molecule has 2 aromatic carbocycles. The van der Waals surface area contributed by atoms with E-state index in [1.807, 2.05) is 0 Å². The molecule has 110 valence electrons. The van der Waals surface area contributed by atoms with Gasteiger partial charge in [-0.15, -0.1) is 0 Å². The molecule has 0 bridgehead atoms. The maximum absolute atomic E-state index is 13.4. The van der Waals surface area contributed by atoms with Crippen LogP contribution < -0.4 is 0 Å². The molecule has 3 nitrogen and oxygen atoms in total. The Kier molecular flexibility index (Phi) is 3.59. The summed E-state index contributed by atoms with van der Waals surface area (Å²) in [5.41, 5.74) is -1.72. The van der Waals surface area contributed by atoms with Gasteiger partial charge in [-0.2, -0.15) is 13.2 Å². The number of benzene rings is 2. The lowest BCUT2D eigenvalue weighted by atomic mass is 10.00. The van der Waals surface area contributed by atoms with Crippen molar-refractivity contribution in [1.82, 2.24) is 0 Å². The van der Waals surface area contributed by atoms with E-state index >= 15 is 0 Å². The normalized spacial score (nSPS) is 11.4. The second kappa shape index (κ2) is 5.08. The van der Waals surface area contributed by atoms with Crippen molar-refractivity contribution in [2.75, 3.05) is 0 Å². The van der Waals surface area contributed by atoms with E-state index in [0.29, 0.717) is 12.1 Å². The third kappa shape index (κ3) is 3.31.